The van der Waals surface area contributed by atoms with Crippen molar-refractivity contribution in [1.29, 1.82) is 0 Å². The maximum Gasteiger partial charge on any atom is 1.00 e. The van der Waals surface area contributed by atoms with E-state index in [9.17, 15) is 14.1 Å². The molecular formula is C31H29Cl2N4NaO5S. The third-order valence-electron chi connectivity index (χ3n) is 6.48. The van der Waals surface area contributed by atoms with Gasteiger partial charge in [0.2, 0.25) is 0 Å². The Morgan fingerprint density at radius 2 is 1.73 bits per heavy atom. The predicted octanol–water partition coefficient (Wildman–Crippen LogP) is 2.93. The number of halogens is 2. The first-order valence-corrected chi connectivity index (χ1v) is 15.1. The minimum atomic E-state index is -1.33. The molecule has 13 heteroatoms. The number of rotatable bonds is 9. The summed E-state index contributed by atoms with van der Waals surface area (Å²) in [6.45, 7) is 3.86. The van der Waals surface area contributed by atoms with Gasteiger partial charge < -0.3 is 29.7 Å². The van der Waals surface area contributed by atoms with Crippen molar-refractivity contribution in [3.05, 3.63) is 99.3 Å². The molecule has 0 spiro atoms. The van der Waals surface area contributed by atoms with Crippen LogP contribution < -0.4 is 49.5 Å². The first-order chi connectivity index (χ1) is 20.6. The van der Waals surface area contributed by atoms with Crippen LogP contribution in [-0.2, 0) is 27.8 Å². The van der Waals surface area contributed by atoms with Gasteiger partial charge in [-0.05, 0) is 49.7 Å². The molecule has 0 radical (unpaired) electrons. The van der Waals surface area contributed by atoms with Crippen LogP contribution in [0.2, 0.25) is 10.0 Å². The zero-order valence-electron chi connectivity index (χ0n) is 24.9. The summed E-state index contributed by atoms with van der Waals surface area (Å²) in [4.78, 5) is 22.6. The van der Waals surface area contributed by atoms with Crippen molar-refractivity contribution < 1.29 is 53.1 Å². The second kappa shape index (κ2) is 16.3. The number of nitrogens with one attached hydrogen (secondary N) is 2. The molecule has 0 saturated carbocycles. The fraction of sp³-hybridized carbons (Fsp3) is 0.194. The quantitative estimate of drug-likeness (QED) is 0.231. The molecule has 9 nitrogen and oxygen atoms in total. The number of fused-ring (bicyclic) bond motifs is 1. The zero-order chi connectivity index (χ0) is 31.1. The fourth-order valence-electron chi connectivity index (χ4n) is 4.31. The number of carbonyl (C=O) groups excluding carboxylic acids is 1. The van der Waals surface area contributed by atoms with Gasteiger partial charge in [0.25, 0.3) is 0 Å². The van der Waals surface area contributed by atoms with Crippen molar-refractivity contribution in [3.63, 3.8) is 0 Å². The molecule has 2 N–H and O–H groups in total. The van der Waals surface area contributed by atoms with Crippen LogP contribution in [0, 0.1) is 13.8 Å². The Balaban J connectivity index is 0.000000241. The molecule has 0 aliphatic carbocycles. The van der Waals surface area contributed by atoms with Crippen molar-refractivity contribution in [2.75, 3.05) is 19.5 Å². The Morgan fingerprint density at radius 1 is 1.02 bits per heavy atom. The second-order valence-corrected chi connectivity index (χ2v) is 11.6. The molecule has 2 aromatic heterocycles. The topological polar surface area (TPSA) is 129 Å². The number of aromatic nitrogens is 3. The molecular weight excluding hydrogens is 634 g/mol. The van der Waals surface area contributed by atoms with Gasteiger partial charge in [0, 0.05) is 41.5 Å². The van der Waals surface area contributed by atoms with Crippen LogP contribution in [0.5, 0.6) is 11.5 Å². The summed E-state index contributed by atoms with van der Waals surface area (Å²) in [5.41, 5.74) is 5.96. The van der Waals surface area contributed by atoms with Crippen molar-refractivity contribution in [3.8, 4) is 11.5 Å². The number of nitrogens with zero attached hydrogens (tertiary/aromatic N) is 2. The van der Waals surface area contributed by atoms with Crippen LogP contribution in [0.1, 0.15) is 22.4 Å². The Labute approximate surface area is 290 Å². The number of para-hydroxylation sites is 2. The molecule has 224 valence electrons. The smallest absolute Gasteiger partial charge is 0.550 e. The van der Waals surface area contributed by atoms with Gasteiger partial charge in [0.05, 0.1) is 63.2 Å². The fourth-order valence-corrected chi connectivity index (χ4v) is 5.91. The van der Waals surface area contributed by atoms with E-state index in [1.807, 2.05) is 32.0 Å². The van der Waals surface area contributed by atoms with Crippen molar-refractivity contribution in [2.24, 2.45) is 0 Å². The van der Waals surface area contributed by atoms with Gasteiger partial charge in [-0.25, -0.2) is 4.98 Å². The molecule has 0 saturated heterocycles. The average Bonchev–Trinajstić information content (AvgIpc) is 3.41. The van der Waals surface area contributed by atoms with E-state index >= 15 is 0 Å². The molecule has 0 aliphatic heterocycles. The number of pyridine rings is 1. The molecule has 0 bridgehead atoms. The predicted molar refractivity (Wildman–Crippen MR) is 168 cm³/mol. The maximum absolute atomic E-state index is 12.7. The standard InChI is InChI=1S/C17H19N3O3S.C14H11Cl2NO2.Na/c1-10-8-18-15(11(2)16(10)23-4)9-24(21)17-19-13-6-5-12(22-3)7-14(13)20-17;15-10-5-3-6-11(16)14(10)17-12-7-2-1-4-9(12)8-13(18)19;/h5-8H,9H2,1-4H3,(H,19,20);1-7,17H,8H2,(H,18,19);/q;;+1/p-1. The number of carboxylic acid groups (broad SMARTS) is 1. The van der Waals surface area contributed by atoms with E-state index in [1.54, 1.807) is 62.9 Å². The van der Waals surface area contributed by atoms with Gasteiger partial charge in [-0.2, -0.15) is 0 Å². The Hall–Kier alpha value is -3.12. The summed E-state index contributed by atoms with van der Waals surface area (Å²) in [6, 6.07) is 17.7. The van der Waals surface area contributed by atoms with Crippen LogP contribution in [0.4, 0.5) is 11.4 Å². The third-order valence-corrected chi connectivity index (χ3v) is 8.27. The number of methoxy groups -OCH3 is 2. The van der Waals surface area contributed by atoms with Gasteiger partial charge in [0.1, 0.15) is 11.5 Å². The molecule has 0 aliphatic rings. The first-order valence-electron chi connectivity index (χ1n) is 13.0. The van der Waals surface area contributed by atoms with Gasteiger partial charge in [-0.15, -0.1) is 0 Å². The molecule has 44 heavy (non-hydrogen) atoms. The number of benzene rings is 3. The Bertz CT molecular complexity index is 1780. The van der Waals surface area contributed by atoms with Gasteiger partial charge in [-0.1, -0.05) is 47.5 Å². The number of H-pyrrole nitrogens is 1. The zero-order valence-corrected chi connectivity index (χ0v) is 29.2. The first kappa shape index (κ1) is 35.4. The number of aryl methyl sites for hydroxylation is 1. The minimum Gasteiger partial charge on any atom is -0.550 e. The van der Waals surface area contributed by atoms with Crippen molar-refractivity contribution >= 4 is 62.4 Å². The number of hydrogen-bond acceptors (Lipinski definition) is 8. The number of anilines is 2. The van der Waals surface area contributed by atoms with E-state index in [-0.39, 0.29) is 41.7 Å². The largest absolute Gasteiger partial charge is 1.00 e. The summed E-state index contributed by atoms with van der Waals surface area (Å²) in [7, 11) is 1.91. The minimum absolute atomic E-state index is 0. The summed E-state index contributed by atoms with van der Waals surface area (Å²) in [5, 5.41) is 15.1. The molecule has 5 rings (SSSR count). The van der Waals surface area contributed by atoms with Gasteiger partial charge >= 0.3 is 29.6 Å². The molecule has 0 amide bonds. The van der Waals surface area contributed by atoms with E-state index in [0.29, 0.717) is 32.1 Å². The molecule has 0 fully saturated rings. The number of aromatic amines is 1. The van der Waals surface area contributed by atoms with Crippen LogP contribution in [0.3, 0.4) is 0 Å². The van der Waals surface area contributed by atoms with Gasteiger partial charge in [0.15, 0.2) is 5.16 Å². The van der Waals surface area contributed by atoms with E-state index in [2.05, 4.69) is 20.3 Å². The van der Waals surface area contributed by atoms with Crippen LogP contribution in [-0.4, -0.2) is 39.3 Å². The second-order valence-electron chi connectivity index (χ2n) is 9.39. The molecule has 1 atom stereocenters. The number of hydrogen-bond donors (Lipinski definition) is 2. The molecule has 2 heterocycles. The number of carboxylic acids is 1. The summed E-state index contributed by atoms with van der Waals surface area (Å²) in [6.07, 6.45) is 1.56. The van der Waals surface area contributed by atoms with E-state index in [0.717, 1.165) is 39.4 Å². The maximum atomic E-state index is 12.7. The Morgan fingerprint density at radius 3 is 2.39 bits per heavy atom. The summed E-state index contributed by atoms with van der Waals surface area (Å²) in [5.74, 6) is 0.648. The summed E-state index contributed by atoms with van der Waals surface area (Å²) < 4.78 is 23.3. The number of imidazole rings is 1. The van der Waals surface area contributed by atoms with E-state index < -0.39 is 16.8 Å². The van der Waals surface area contributed by atoms with Crippen LogP contribution >= 0.6 is 23.2 Å². The van der Waals surface area contributed by atoms with Crippen LogP contribution in [0.15, 0.2) is 72.0 Å². The van der Waals surface area contributed by atoms with E-state index in [4.69, 9.17) is 32.7 Å². The molecule has 3 aromatic carbocycles. The number of carbonyl (C=O) groups is 1. The average molecular weight is 664 g/mol. The summed E-state index contributed by atoms with van der Waals surface area (Å²) >= 11 is 12.1. The van der Waals surface area contributed by atoms with E-state index in [1.165, 1.54) is 0 Å². The normalized spacial score (nSPS) is 11.1. The third kappa shape index (κ3) is 8.74. The van der Waals surface area contributed by atoms with Crippen molar-refractivity contribution in [1.82, 2.24) is 15.0 Å². The Kier molecular flexibility index (Phi) is 13.1. The van der Waals surface area contributed by atoms with Crippen molar-refractivity contribution in [2.45, 2.75) is 31.2 Å². The number of aliphatic carboxylic acids is 1. The van der Waals surface area contributed by atoms with Gasteiger partial charge in [-0.3, -0.25) is 9.19 Å². The monoisotopic (exact) mass is 662 g/mol. The SMILES string of the molecule is COc1ccc2nc(S(=O)Cc3ncc(C)c(OC)c3C)[nH]c2c1.O=C([O-])Cc1ccccc1Nc1c(Cl)cccc1Cl.[Na+]. The number of ether oxygens (including phenoxy) is 2. The van der Waals surface area contributed by atoms with Crippen LogP contribution in [0.25, 0.3) is 11.0 Å². The molecule has 1 unspecified atom stereocenters. The molecule has 5 aromatic rings.